The fraction of sp³-hybridized carbons (Fsp3) is 0.136. The molecular formula is C22H18ClFN8. The van der Waals surface area contributed by atoms with Crippen molar-refractivity contribution >= 4 is 28.6 Å². The summed E-state index contributed by atoms with van der Waals surface area (Å²) in [5.74, 6) is 0.290. The van der Waals surface area contributed by atoms with Crippen LogP contribution in [0.3, 0.4) is 0 Å². The van der Waals surface area contributed by atoms with Gasteiger partial charge in [0.15, 0.2) is 17.0 Å². The Morgan fingerprint density at radius 1 is 0.969 bits per heavy atom. The quantitative estimate of drug-likeness (QED) is 0.380. The van der Waals surface area contributed by atoms with Gasteiger partial charge in [0, 0.05) is 12.1 Å². The first kappa shape index (κ1) is 20.1. The van der Waals surface area contributed by atoms with Crippen LogP contribution in [0.2, 0.25) is 5.28 Å². The molecule has 0 aliphatic heterocycles. The van der Waals surface area contributed by atoms with E-state index in [1.165, 1.54) is 6.07 Å². The van der Waals surface area contributed by atoms with Gasteiger partial charge in [-0.25, -0.2) is 14.1 Å². The Kier molecular flexibility index (Phi) is 5.47. The third-order valence-electron chi connectivity index (χ3n) is 4.95. The van der Waals surface area contributed by atoms with E-state index >= 15 is 0 Å². The molecule has 0 saturated heterocycles. The fourth-order valence-corrected chi connectivity index (χ4v) is 3.57. The summed E-state index contributed by atoms with van der Waals surface area (Å²) in [7, 11) is 0. The summed E-state index contributed by atoms with van der Waals surface area (Å²) >= 11 is 6.18. The molecular weight excluding hydrogens is 431 g/mol. The van der Waals surface area contributed by atoms with Crippen molar-refractivity contribution in [1.82, 2.24) is 34.5 Å². The molecule has 0 saturated carbocycles. The normalized spacial score (nSPS) is 11.2. The Morgan fingerprint density at radius 3 is 2.62 bits per heavy atom. The zero-order valence-corrected chi connectivity index (χ0v) is 17.6. The first-order valence-corrected chi connectivity index (χ1v) is 10.3. The molecule has 160 valence electrons. The Hall–Kier alpha value is -3.85. The average molecular weight is 449 g/mol. The zero-order chi connectivity index (χ0) is 21.9. The third kappa shape index (κ3) is 4.28. The minimum atomic E-state index is -0.271. The van der Waals surface area contributed by atoms with Gasteiger partial charge in [-0.15, -0.1) is 5.10 Å². The lowest BCUT2D eigenvalue weighted by molar-refractivity contribution is 0.577. The molecule has 5 aromatic rings. The van der Waals surface area contributed by atoms with Gasteiger partial charge >= 0.3 is 0 Å². The Balaban J connectivity index is 1.36. The van der Waals surface area contributed by atoms with Crippen molar-refractivity contribution in [2.45, 2.75) is 19.6 Å². The van der Waals surface area contributed by atoms with Gasteiger partial charge in [-0.1, -0.05) is 53.7 Å². The molecule has 5 rings (SSSR count). The van der Waals surface area contributed by atoms with Crippen LogP contribution in [0.5, 0.6) is 0 Å². The highest BCUT2D eigenvalue weighted by Gasteiger charge is 2.14. The summed E-state index contributed by atoms with van der Waals surface area (Å²) in [5.41, 5.74) is 3.55. The second kappa shape index (κ2) is 8.72. The Labute approximate surface area is 187 Å². The van der Waals surface area contributed by atoms with Crippen LogP contribution in [0.1, 0.15) is 16.8 Å². The summed E-state index contributed by atoms with van der Waals surface area (Å²) in [4.78, 5) is 13.1. The monoisotopic (exact) mass is 448 g/mol. The maximum atomic E-state index is 13.9. The zero-order valence-electron chi connectivity index (χ0n) is 16.9. The number of nitrogens with one attached hydrogen (secondary N) is 1. The smallest absolute Gasteiger partial charge is 0.226 e. The fourth-order valence-electron chi connectivity index (χ4n) is 3.40. The molecule has 0 spiro atoms. The van der Waals surface area contributed by atoms with Crippen LogP contribution in [-0.2, 0) is 19.6 Å². The second-order valence-electron chi connectivity index (χ2n) is 7.22. The van der Waals surface area contributed by atoms with Crippen LogP contribution in [-0.4, -0.2) is 34.5 Å². The van der Waals surface area contributed by atoms with E-state index in [1.54, 1.807) is 35.4 Å². The van der Waals surface area contributed by atoms with Crippen LogP contribution in [0, 0.1) is 5.82 Å². The lowest BCUT2D eigenvalue weighted by Crippen LogP contribution is -2.05. The molecule has 0 radical (unpaired) electrons. The van der Waals surface area contributed by atoms with Crippen molar-refractivity contribution in [3.63, 3.8) is 0 Å². The number of fused-ring (bicyclic) bond motifs is 1. The third-order valence-corrected chi connectivity index (χ3v) is 5.12. The van der Waals surface area contributed by atoms with E-state index in [2.05, 4.69) is 30.6 Å². The minimum Gasteiger partial charge on any atom is -0.364 e. The lowest BCUT2D eigenvalue weighted by atomic mass is 10.2. The molecule has 0 bridgehead atoms. The molecule has 3 heterocycles. The maximum absolute atomic E-state index is 13.9. The van der Waals surface area contributed by atoms with Gasteiger partial charge in [-0.05, 0) is 23.2 Å². The Morgan fingerprint density at radius 2 is 1.78 bits per heavy atom. The van der Waals surface area contributed by atoms with Gasteiger partial charge in [0.2, 0.25) is 5.28 Å². The van der Waals surface area contributed by atoms with E-state index in [9.17, 15) is 4.39 Å². The average Bonchev–Trinajstić information content (AvgIpc) is 3.41. The molecule has 2 aromatic carbocycles. The van der Waals surface area contributed by atoms with Crippen molar-refractivity contribution in [2.75, 3.05) is 5.32 Å². The number of rotatable bonds is 7. The number of benzene rings is 2. The first-order chi connectivity index (χ1) is 15.7. The van der Waals surface area contributed by atoms with Crippen LogP contribution in [0.4, 0.5) is 10.2 Å². The SMILES string of the molecule is Fc1ccccc1Cn1cc(Cn2cnc3c(NCc4ccccc4)nc(Cl)nc32)nn1. The molecule has 0 unspecified atom stereocenters. The molecule has 0 aliphatic carbocycles. The topological polar surface area (TPSA) is 86.3 Å². The van der Waals surface area contributed by atoms with Crippen molar-refractivity contribution in [3.8, 4) is 0 Å². The van der Waals surface area contributed by atoms with Crippen molar-refractivity contribution < 1.29 is 4.39 Å². The molecule has 0 amide bonds. The van der Waals surface area contributed by atoms with E-state index in [0.29, 0.717) is 47.9 Å². The van der Waals surface area contributed by atoms with Crippen molar-refractivity contribution in [2.24, 2.45) is 0 Å². The molecule has 10 heteroatoms. The Bertz CT molecular complexity index is 1370. The number of hydrogen-bond donors (Lipinski definition) is 1. The summed E-state index contributed by atoms with van der Waals surface area (Å²) in [6.45, 7) is 1.27. The van der Waals surface area contributed by atoms with Crippen molar-refractivity contribution in [1.29, 1.82) is 0 Å². The number of imidazole rings is 1. The van der Waals surface area contributed by atoms with Crippen LogP contribution >= 0.6 is 11.6 Å². The van der Waals surface area contributed by atoms with Crippen molar-refractivity contribution in [3.05, 3.63) is 95.0 Å². The molecule has 0 atom stereocenters. The number of aromatic nitrogens is 7. The van der Waals surface area contributed by atoms with Gasteiger partial charge in [-0.2, -0.15) is 9.97 Å². The maximum Gasteiger partial charge on any atom is 0.226 e. The van der Waals surface area contributed by atoms with E-state index in [4.69, 9.17) is 11.6 Å². The van der Waals surface area contributed by atoms with E-state index in [0.717, 1.165) is 5.56 Å². The highest BCUT2D eigenvalue weighted by Crippen LogP contribution is 2.22. The molecule has 1 N–H and O–H groups in total. The summed E-state index contributed by atoms with van der Waals surface area (Å²) in [6.07, 6.45) is 3.44. The second-order valence-corrected chi connectivity index (χ2v) is 7.56. The van der Waals surface area contributed by atoms with E-state index < -0.39 is 0 Å². The van der Waals surface area contributed by atoms with Crippen LogP contribution in [0.15, 0.2) is 67.1 Å². The summed E-state index contributed by atoms with van der Waals surface area (Å²) < 4.78 is 17.3. The standard InChI is InChI=1S/C22H18ClFN8/c23-22-27-20(25-10-15-6-2-1-3-7-15)19-21(28-22)31(14-26-19)12-17-13-32(30-29-17)11-16-8-4-5-9-18(16)24/h1-9,13-14H,10-12H2,(H,25,27,28). The number of nitrogens with zero attached hydrogens (tertiary/aromatic N) is 7. The predicted octanol–water partition coefficient (Wildman–Crippen LogP) is 3.92. The van der Waals surface area contributed by atoms with Gasteiger partial charge in [-0.3, -0.25) is 0 Å². The summed E-state index contributed by atoms with van der Waals surface area (Å²) in [5, 5.41) is 11.7. The van der Waals surface area contributed by atoms with Gasteiger partial charge in [0.05, 0.1) is 25.6 Å². The van der Waals surface area contributed by atoms with Gasteiger partial charge in [0.25, 0.3) is 0 Å². The molecule has 8 nitrogen and oxygen atoms in total. The molecule has 32 heavy (non-hydrogen) atoms. The van der Waals surface area contributed by atoms with Crippen LogP contribution in [0.25, 0.3) is 11.2 Å². The number of halogens is 2. The highest BCUT2D eigenvalue weighted by molar-refractivity contribution is 6.28. The largest absolute Gasteiger partial charge is 0.364 e. The van der Waals surface area contributed by atoms with E-state index in [1.807, 2.05) is 34.9 Å². The highest BCUT2D eigenvalue weighted by atomic mass is 35.5. The molecule has 3 aromatic heterocycles. The van der Waals surface area contributed by atoms with Gasteiger partial charge in [0.1, 0.15) is 11.5 Å². The van der Waals surface area contributed by atoms with E-state index in [-0.39, 0.29) is 11.1 Å². The summed E-state index contributed by atoms with van der Waals surface area (Å²) in [6, 6.07) is 16.6. The molecule has 0 fully saturated rings. The lowest BCUT2D eigenvalue weighted by Gasteiger charge is -2.07. The predicted molar refractivity (Wildman–Crippen MR) is 119 cm³/mol. The first-order valence-electron chi connectivity index (χ1n) is 9.94. The van der Waals surface area contributed by atoms with Gasteiger partial charge < -0.3 is 9.88 Å². The minimum absolute atomic E-state index is 0.123. The number of anilines is 1. The van der Waals surface area contributed by atoms with Crippen LogP contribution < -0.4 is 5.32 Å². The molecule has 0 aliphatic rings. The number of hydrogen-bond acceptors (Lipinski definition) is 6.